The lowest BCUT2D eigenvalue weighted by Gasteiger charge is -2.11. The standard InChI is InChI=1S/C34H22N6/c1-4-12-23(13-5-1)32-36-33(24-14-6-2-7-15-24)38-34(37-32)40-29-19-11-10-18-26(29)27-20-31-28(21-30(27)40)35-22-39(31)25-16-8-3-9-17-25/h1-22H. The highest BCUT2D eigenvalue weighted by Gasteiger charge is 2.19. The molecule has 0 saturated heterocycles. The van der Waals surface area contributed by atoms with Crippen LogP contribution in [0.15, 0.2) is 134 Å². The lowest BCUT2D eigenvalue weighted by Crippen LogP contribution is -2.06. The van der Waals surface area contributed by atoms with E-state index in [1.165, 1.54) is 0 Å². The minimum Gasteiger partial charge on any atom is -0.299 e. The maximum Gasteiger partial charge on any atom is 0.238 e. The Morgan fingerprint density at radius 1 is 0.475 bits per heavy atom. The molecule has 40 heavy (non-hydrogen) atoms. The smallest absolute Gasteiger partial charge is 0.238 e. The Labute approximate surface area is 229 Å². The number of fused-ring (bicyclic) bond motifs is 4. The highest BCUT2D eigenvalue weighted by Crippen LogP contribution is 2.35. The van der Waals surface area contributed by atoms with Gasteiger partial charge in [-0.05, 0) is 30.3 Å². The van der Waals surface area contributed by atoms with E-state index in [9.17, 15) is 0 Å². The molecule has 0 unspecified atom stereocenters. The van der Waals surface area contributed by atoms with Crippen molar-refractivity contribution in [3.63, 3.8) is 0 Å². The summed E-state index contributed by atoms with van der Waals surface area (Å²) in [5.41, 5.74) is 6.93. The Balaban J connectivity index is 1.43. The van der Waals surface area contributed by atoms with Crippen molar-refractivity contribution in [3.8, 4) is 34.4 Å². The van der Waals surface area contributed by atoms with Crippen molar-refractivity contribution < 1.29 is 0 Å². The number of rotatable bonds is 4. The van der Waals surface area contributed by atoms with Crippen LogP contribution in [-0.2, 0) is 0 Å². The maximum atomic E-state index is 5.02. The molecule has 0 saturated carbocycles. The van der Waals surface area contributed by atoms with E-state index >= 15 is 0 Å². The van der Waals surface area contributed by atoms with Gasteiger partial charge in [-0.15, -0.1) is 0 Å². The fourth-order valence-corrected chi connectivity index (χ4v) is 5.38. The van der Waals surface area contributed by atoms with Gasteiger partial charge in [-0.2, -0.15) is 9.97 Å². The minimum atomic E-state index is 0.570. The van der Waals surface area contributed by atoms with Gasteiger partial charge < -0.3 is 0 Å². The van der Waals surface area contributed by atoms with Gasteiger partial charge in [0.1, 0.15) is 6.33 Å². The molecule has 0 atom stereocenters. The predicted octanol–water partition coefficient (Wildman–Crippen LogP) is 7.64. The molecule has 6 heteroatoms. The summed E-state index contributed by atoms with van der Waals surface area (Å²) in [6, 6.07) is 43.2. The molecule has 3 aromatic heterocycles. The molecule has 3 heterocycles. The van der Waals surface area contributed by atoms with Crippen molar-refractivity contribution in [3.05, 3.63) is 134 Å². The van der Waals surface area contributed by atoms with Crippen LogP contribution in [0.3, 0.4) is 0 Å². The summed E-state index contributed by atoms with van der Waals surface area (Å²) < 4.78 is 4.26. The Hall–Kier alpha value is -5.62. The summed E-state index contributed by atoms with van der Waals surface area (Å²) in [7, 11) is 0. The third-order valence-electron chi connectivity index (χ3n) is 7.26. The molecule has 0 bridgehead atoms. The van der Waals surface area contributed by atoms with E-state index in [0.29, 0.717) is 17.6 Å². The summed E-state index contributed by atoms with van der Waals surface area (Å²) in [4.78, 5) is 19.7. The van der Waals surface area contributed by atoms with Crippen LogP contribution in [0.4, 0.5) is 0 Å². The van der Waals surface area contributed by atoms with E-state index in [-0.39, 0.29) is 0 Å². The largest absolute Gasteiger partial charge is 0.299 e. The molecular weight excluding hydrogens is 492 g/mol. The zero-order valence-electron chi connectivity index (χ0n) is 21.4. The van der Waals surface area contributed by atoms with Crippen LogP contribution >= 0.6 is 0 Å². The van der Waals surface area contributed by atoms with Gasteiger partial charge in [0.2, 0.25) is 5.95 Å². The fraction of sp³-hybridized carbons (Fsp3) is 0. The van der Waals surface area contributed by atoms with Crippen molar-refractivity contribution in [2.45, 2.75) is 0 Å². The topological polar surface area (TPSA) is 61.4 Å². The zero-order valence-corrected chi connectivity index (χ0v) is 21.4. The summed E-state index contributed by atoms with van der Waals surface area (Å²) in [5, 5.41) is 2.24. The molecule has 0 radical (unpaired) electrons. The lowest BCUT2D eigenvalue weighted by molar-refractivity contribution is 0.954. The van der Waals surface area contributed by atoms with E-state index in [0.717, 1.165) is 49.7 Å². The second-order valence-electron chi connectivity index (χ2n) is 9.68. The Morgan fingerprint density at radius 2 is 1.07 bits per heavy atom. The molecule has 0 N–H and O–H groups in total. The third kappa shape index (κ3) is 3.58. The van der Waals surface area contributed by atoms with Crippen molar-refractivity contribution in [1.82, 2.24) is 29.1 Å². The monoisotopic (exact) mass is 514 g/mol. The number of benzene rings is 5. The van der Waals surface area contributed by atoms with Crippen LogP contribution in [0.25, 0.3) is 67.3 Å². The number of aromatic nitrogens is 6. The van der Waals surface area contributed by atoms with Gasteiger partial charge in [0.25, 0.3) is 0 Å². The molecule has 8 aromatic rings. The fourth-order valence-electron chi connectivity index (χ4n) is 5.38. The van der Waals surface area contributed by atoms with E-state index in [1.807, 2.05) is 85.2 Å². The van der Waals surface area contributed by atoms with Gasteiger partial charge in [-0.3, -0.25) is 9.13 Å². The summed E-state index contributed by atoms with van der Waals surface area (Å²) in [6.45, 7) is 0. The average molecular weight is 515 g/mol. The third-order valence-corrected chi connectivity index (χ3v) is 7.26. The van der Waals surface area contributed by atoms with Crippen LogP contribution in [0.1, 0.15) is 0 Å². The molecule has 188 valence electrons. The van der Waals surface area contributed by atoms with Gasteiger partial charge in [0.05, 0.1) is 22.1 Å². The predicted molar refractivity (Wildman–Crippen MR) is 160 cm³/mol. The van der Waals surface area contributed by atoms with Crippen LogP contribution < -0.4 is 0 Å². The second kappa shape index (κ2) is 8.99. The molecule has 5 aromatic carbocycles. The highest BCUT2D eigenvalue weighted by molar-refractivity contribution is 6.12. The summed E-state index contributed by atoms with van der Waals surface area (Å²) in [5.74, 6) is 1.83. The quantitative estimate of drug-likeness (QED) is 0.242. The molecule has 0 aliphatic rings. The first-order chi connectivity index (χ1) is 19.8. The van der Waals surface area contributed by atoms with Gasteiger partial charge >= 0.3 is 0 Å². The van der Waals surface area contributed by atoms with Crippen LogP contribution in [0.5, 0.6) is 0 Å². The van der Waals surface area contributed by atoms with Crippen LogP contribution in [-0.4, -0.2) is 29.1 Å². The number of imidazole rings is 1. The molecule has 6 nitrogen and oxygen atoms in total. The highest BCUT2D eigenvalue weighted by atomic mass is 15.2. The van der Waals surface area contributed by atoms with Crippen molar-refractivity contribution in [2.75, 3.05) is 0 Å². The molecule has 0 aliphatic carbocycles. The number of hydrogen-bond donors (Lipinski definition) is 0. The average Bonchev–Trinajstić information content (AvgIpc) is 3.59. The number of para-hydroxylation sites is 2. The SMILES string of the molecule is c1ccc(-c2nc(-c3ccccc3)nc(-n3c4ccccc4c4cc5c(cc43)ncn5-c3ccccc3)n2)cc1. The minimum absolute atomic E-state index is 0.570. The number of nitrogens with zero attached hydrogens (tertiary/aromatic N) is 6. The Kier molecular flexibility index (Phi) is 5.03. The van der Waals surface area contributed by atoms with Crippen LogP contribution in [0, 0.1) is 0 Å². The van der Waals surface area contributed by atoms with Gasteiger partial charge in [-0.25, -0.2) is 9.97 Å². The molecule has 0 aliphatic heterocycles. The molecule has 0 amide bonds. The van der Waals surface area contributed by atoms with Gasteiger partial charge in [-0.1, -0.05) is 97.1 Å². The molecule has 0 fully saturated rings. The Bertz CT molecular complexity index is 2090. The number of hydrogen-bond acceptors (Lipinski definition) is 4. The van der Waals surface area contributed by atoms with Crippen molar-refractivity contribution >= 4 is 32.8 Å². The first-order valence-electron chi connectivity index (χ1n) is 13.2. The molecular formula is C34H22N6. The van der Waals surface area contributed by atoms with Gasteiger partial charge in [0, 0.05) is 27.6 Å². The van der Waals surface area contributed by atoms with E-state index < -0.39 is 0 Å². The van der Waals surface area contributed by atoms with E-state index in [4.69, 9.17) is 19.9 Å². The van der Waals surface area contributed by atoms with Gasteiger partial charge in [0.15, 0.2) is 11.6 Å². The summed E-state index contributed by atoms with van der Waals surface area (Å²) >= 11 is 0. The van der Waals surface area contributed by atoms with Crippen molar-refractivity contribution in [1.29, 1.82) is 0 Å². The first kappa shape index (κ1) is 22.4. The normalized spacial score (nSPS) is 11.5. The zero-order chi connectivity index (χ0) is 26.5. The van der Waals surface area contributed by atoms with Crippen LogP contribution in [0.2, 0.25) is 0 Å². The van der Waals surface area contributed by atoms with E-state index in [2.05, 4.69) is 57.7 Å². The Morgan fingerprint density at radius 3 is 1.75 bits per heavy atom. The van der Waals surface area contributed by atoms with Crippen molar-refractivity contribution in [2.24, 2.45) is 0 Å². The molecule has 8 rings (SSSR count). The first-order valence-corrected chi connectivity index (χ1v) is 13.2. The van der Waals surface area contributed by atoms with E-state index in [1.54, 1.807) is 0 Å². The lowest BCUT2D eigenvalue weighted by atomic mass is 10.1. The second-order valence-corrected chi connectivity index (χ2v) is 9.68. The maximum absolute atomic E-state index is 5.02. The molecule has 0 spiro atoms. The summed E-state index contributed by atoms with van der Waals surface area (Å²) in [6.07, 6.45) is 1.88.